The SMILES string of the molecule is CC(C)c1cccc(OCC(=O)Nc2cccc(-c3csc(-c4ccccn4)n3)c2)c1. The highest BCUT2D eigenvalue weighted by Gasteiger charge is 2.10. The van der Waals surface area contributed by atoms with E-state index in [0.717, 1.165) is 22.0 Å². The highest BCUT2D eigenvalue weighted by Crippen LogP contribution is 2.29. The lowest BCUT2D eigenvalue weighted by Gasteiger charge is -2.10. The summed E-state index contributed by atoms with van der Waals surface area (Å²) in [6, 6.07) is 21.2. The number of rotatable bonds is 7. The van der Waals surface area contributed by atoms with Crippen molar-refractivity contribution in [3.8, 4) is 27.7 Å². The molecular formula is C25H23N3O2S. The van der Waals surface area contributed by atoms with Gasteiger partial charge in [-0.05, 0) is 47.9 Å². The summed E-state index contributed by atoms with van der Waals surface area (Å²) in [5, 5.41) is 5.76. The lowest BCUT2D eigenvalue weighted by molar-refractivity contribution is -0.118. The van der Waals surface area contributed by atoms with Crippen molar-refractivity contribution in [3.63, 3.8) is 0 Å². The number of pyridine rings is 1. The van der Waals surface area contributed by atoms with E-state index >= 15 is 0 Å². The molecule has 0 fully saturated rings. The number of carbonyl (C=O) groups excluding carboxylic acids is 1. The van der Waals surface area contributed by atoms with Crippen molar-refractivity contribution in [2.24, 2.45) is 0 Å². The van der Waals surface area contributed by atoms with Gasteiger partial charge in [0, 0.05) is 22.8 Å². The molecule has 4 rings (SSSR count). The van der Waals surface area contributed by atoms with Gasteiger partial charge in [-0.3, -0.25) is 9.78 Å². The highest BCUT2D eigenvalue weighted by atomic mass is 32.1. The van der Waals surface area contributed by atoms with Gasteiger partial charge in [0.1, 0.15) is 10.8 Å². The predicted octanol–water partition coefficient (Wildman–Crippen LogP) is 6.01. The maximum absolute atomic E-state index is 12.4. The Morgan fingerprint density at radius 3 is 2.71 bits per heavy atom. The van der Waals surface area contributed by atoms with Gasteiger partial charge in [0.15, 0.2) is 6.61 Å². The molecule has 31 heavy (non-hydrogen) atoms. The molecule has 1 N–H and O–H groups in total. The number of nitrogens with zero attached hydrogens (tertiary/aromatic N) is 2. The molecule has 156 valence electrons. The molecule has 0 saturated carbocycles. The van der Waals surface area contributed by atoms with Crippen LogP contribution < -0.4 is 10.1 Å². The number of amides is 1. The largest absolute Gasteiger partial charge is 0.484 e. The smallest absolute Gasteiger partial charge is 0.262 e. The van der Waals surface area contributed by atoms with Crippen molar-refractivity contribution in [2.45, 2.75) is 19.8 Å². The molecule has 2 aromatic carbocycles. The van der Waals surface area contributed by atoms with Crippen molar-refractivity contribution < 1.29 is 9.53 Å². The zero-order chi connectivity index (χ0) is 21.6. The molecule has 4 aromatic rings. The quantitative estimate of drug-likeness (QED) is 0.391. The van der Waals surface area contributed by atoms with Crippen LogP contribution in [0.3, 0.4) is 0 Å². The fraction of sp³-hybridized carbons (Fsp3) is 0.160. The summed E-state index contributed by atoms with van der Waals surface area (Å²) >= 11 is 1.55. The van der Waals surface area contributed by atoms with E-state index < -0.39 is 0 Å². The van der Waals surface area contributed by atoms with E-state index in [0.29, 0.717) is 17.4 Å². The molecule has 6 heteroatoms. The Labute approximate surface area is 185 Å². The van der Waals surface area contributed by atoms with Crippen molar-refractivity contribution in [1.29, 1.82) is 0 Å². The normalized spacial score (nSPS) is 10.8. The van der Waals surface area contributed by atoms with Gasteiger partial charge in [-0.2, -0.15) is 0 Å². The molecule has 0 spiro atoms. The first-order valence-electron chi connectivity index (χ1n) is 10.1. The van der Waals surface area contributed by atoms with Crippen molar-refractivity contribution >= 4 is 22.9 Å². The summed E-state index contributed by atoms with van der Waals surface area (Å²) in [7, 11) is 0. The second-order valence-corrected chi connectivity index (χ2v) is 8.26. The van der Waals surface area contributed by atoms with Gasteiger partial charge >= 0.3 is 0 Å². The molecule has 0 atom stereocenters. The molecule has 0 aliphatic rings. The van der Waals surface area contributed by atoms with Crippen LogP contribution in [0.1, 0.15) is 25.3 Å². The van der Waals surface area contributed by atoms with Gasteiger partial charge in [-0.1, -0.05) is 44.2 Å². The van der Waals surface area contributed by atoms with E-state index in [1.54, 1.807) is 17.5 Å². The Morgan fingerprint density at radius 1 is 1.03 bits per heavy atom. The van der Waals surface area contributed by atoms with Crippen molar-refractivity contribution in [1.82, 2.24) is 9.97 Å². The summed E-state index contributed by atoms with van der Waals surface area (Å²) < 4.78 is 5.67. The average molecular weight is 430 g/mol. The van der Waals surface area contributed by atoms with Crippen molar-refractivity contribution in [3.05, 3.63) is 83.9 Å². The Hall–Kier alpha value is -3.51. The number of anilines is 1. The minimum Gasteiger partial charge on any atom is -0.484 e. The van der Waals surface area contributed by atoms with Crippen LogP contribution in [-0.2, 0) is 4.79 Å². The van der Waals surface area contributed by atoms with Crippen LogP contribution in [0.15, 0.2) is 78.3 Å². The van der Waals surface area contributed by atoms with Gasteiger partial charge < -0.3 is 10.1 Å². The lowest BCUT2D eigenvalue weighted by atomic mass is 10.0. The maximum Gasteiger partial charge on any atom is 0.262 e. The Kier molecular flexibility index (Phi) is 6.38. The van der Waals surface area contributed by atoms with E-state index in [2.05, 4.69) is 35.2 Å². The first kappa shape index (κ1) is 20.8. The van der Waals surface area contributed by atoms with Crippen molar-refractivity contribution in [2.75, 3.05) is 11.9 Å². The molecule has 0 radical (unpaired) electrons. The van der Waals surface area contributed by atoms with Crippen LogP contribution in [0.5, 0.6) is 5.75 Å². The number of aromatic nitrogens is 2. The molecule has 0 aliphatic carbocycles. The highest BCUT2D eigenvalue weighted by molar-refractivity contribution is 7.13. The zero-order valence-electron chi connectivity index (χ0n) is 17.4. The van der Waals surface area contributed by atoms with E-state index in [1.807, 2.05) is 66.0 Å². The molecule has 2 heterocycles. The first-order valence-corrected chi connectivity index (χ1v) is 11.0. The third kappa shape index (κ3) is 5.35. The summed E-state index contributed by atoms with van der Waals surface area (Å²) in [4.78, 5) is 21.4. The van der Waals surface area contributed by atoms with Gasteiger partial charge in [-0.25, -0.2) is 4.98 Å². The Morgan fingerprint density at radius 2 is 1.90 bits per heavy atom. The predicted molar refractivity (Wildman–Crippen MR) is 125 cm³/mol. The van der Waals surface area contributed by atoms with Crippen LogP contribution in [0, 0.1) is 0 Å². The standard InChI is InChI=1S/C25H23N3O2S/c1-17(2)18-7-6-10-21(14-18)30-15-24(29)27-20-9-5-8-19(13-20)23-16-31-25(28-23)22-11-3-4-12-26-22/h3-14,16-17H,15H2,1-2H3,(H,27,29). The van der Waals surface area contributed by atoms with Gasteiger partial charge in [0.05, 0.1) is 11.4 Å². The monoisotopic (exact) mass is 429 g/mol. The summed E-state index contributed by atoms with van der Waals surface area (Å²) in [6.07, 6.45) is 1.76. The summed E-state index contributed by atoms with van der Waals surface area (Å²) in [5.74, 6) is 0.892. The van der Waals surface area contributed by atoms with E-state index in [-0.39, 0.29) is 12.5 Å². The van der Waals surface area contributed by atoms with E-state index in [4.69, 9.17) is 4.74 Å². The molecule has 0 aliphatic heterocycles. The second-order valence-electron chi connectivity index (χ2n) is 7.40. The third-order valence-electron chi connectivity index (χ3n) is 4.72. The lowest BCUT2D eigenvalue weighted by Crippen LogP contribution is -2.20. The molecule has 0 unspecified atom stereocenters. The van der Waals surface area contributed by atoms with Gasteiger partial charge in [0.2, 0.25) is 0 Å². The number of benzene rings is 2. The van der Waals surface area contributed by atoms with Crippen LogP contribution in [0.25, 0.3) is 22.0 Å². The number of carbonyl (C=O) groups is 1. The third-order valence-corrected chi connectivity index (χ3v) is 5.59. The van der Waals surface area contributed by atoms with Crippen LogP contribution in [0.4, 0.5) is 5.69 Å². The maximum atomic E-state index is 12.4. The summed E-state index contributed by atoms with van der Waals surface area (Å²) in [6.45, 7) is 4.20. The van der Waals surface area contributed by atoms with Gasteiger partial charge in [0.25, 0.3) is 5.91 Å². The minimum absolute atomic E-state index is 0.0493. The fourth-order valence-electron chi connectivity index (χ4n) is 3.08. The summed E-state index contributed by atoms with van der Waals surface area (Å²) in [5.41, 5.74) is 4.51. The average Bonchev–Trinajstić information content (AvgIpc) is 3.29. The number of thiazole rings is 1. The molecule has 1 amide bonds. The topological polar surface area (TPSA) is 64.1 Å². The fourth-order valence-corrected chi connectivity index (χ4v) is 3.88. The number of ether oxygens (including phenoxy) is 1. The number of nitrogens with one attached hydrogen (secondary N) is 1. The molecule has 0 saturated heterocycles. The minimum atomic E-state index is -0.209. The van der Waals surface area contributed by atoms with Gasteiger partial charge in [-0.15, -0.1) is 11.3 Å². The van der Waals surface area contributed by atoms with E-state index in [1.165, 1.54) is 5.56 Å². The second kappa shape index (κ2) is 9.53. The Balaban J connectivity index is 1.40. The molecule has 2 aromatic heterocycles. The molecule has 5 nitrogen and oxygen atoms in total. The van der Waals surface area contributed by atoms with Crippen LogP contribution in [0.2, 0.25) is 0 Å². The van der Waals surface area contributed by atoms with Crippen LogP contribution in [-0.4, -0.2) is 22.5 Å². The van der Waals surface area contributed by atoms with E-state index in [9.17, 15) is 4.79 Å². The first-order chi connectivity index (χ1) is 15.1. The van der Waals surface area contributed by atoms with Crippen LogP contribution >= 0.6 is 11.3 Å². The number of hydrogen-bond acceptors (Lipinski definition) is 5. The Bertz CT molecular complexity index is 1170. The molecule has 0 bridgehead atoms. The molecular weight excluding hydrogens is 406 g/mol. The zero-order valence-corrected chi connectivity index (χ0v) is 18.2. The number of hydrogen-bond donors (Lipinski definition) is 1.